The number of ether oxygens (including phenoxy) is 3. The van der Waals surface area contributed by atoms with Crippen molar-refractivity contribution in [1.82, 2.24) is 0 Å². The van der Waals surface area contributed by atoms with E-state index in [1.807, 2.05) is 0 Å². The Morgan fingerprint density at radius 2 is 1.70 bits per heavy atom. The number of aliphatic hydroxyl groups is 1. The van der Waals surface area contributed by atoms with E-state index in [0.29, 0.717) is 8.96 Å². The predicted octanol–water partition coefficient (Wildman–Crippen LogP) is 2.09. The van der Waals surface area contributed by atoms with Crippen molar-refractivity contribution in [2.24, 2.45) is 0 Å². The number of carbonyl (C=O) groups is 2. The Kier molecular flexibility index (Phi) is 6.70. The van der Waals surface area contributed by atoms with E-state index in [9.17, 15) is 9.59 Å². The van der Waals surface area contributed by atoms with Gasteiger partial charge in [0.1, 0.15) is 0 Å². The molecule has 112 valence electrons. The molecule has 6 nitrogen and oxygen atoms in total. The van der Waals surface area contributed by atoms with Gasteiger partial charge in [0.25, 0.3) is 0 Å². The normalized spacial score (nSPS) is 25.5. The van der Waals surface area contributed by atoms with Gasteiger partial charge in [0.15, 0.2) is 10.8 Å². The van der Waals surface area contributed by atoms with E-state index in [0.717, 1.165) is 0 Å². The van der Waals surface area contributed by atoms with Crippen LogP contribution in [0, 0.1) is 0 Å². The summed E-state index contributed by atoms with van der Waals surface area (Å²) in [5.41, 5.74) is 0. The number of ketones is 1. The lowest BCUT2D eigenvalue weighted by Crippen LogP contribution is -2.02. The molecule has 0 fully saturated rings. The number of allylic oxidation sites excluding steroid dienone is 1. The third-order valence-electron chi connectivity index (χ3n) is 2.36. The first-order valence-corrected chi connectivity index (χ1v) is 7.77. The first-order chi connectivity index (χ1) is 9.33. The number of aliphatic hydroxyl groups excluding tert-OH is 1. The van der Waals surface area contributed by atoms with Crippen LogP contribution in [0.2, 0.25) is 0 Å². The van der Waals surface area contributed by atoms with Crippen LogP contribution >= 0.6 is 47.8 Å². The number of esters is 1. The van der Waals surface area contributed by atoms with Crippen LogP contribution in [0.4, 0.5) is 0 Å². The van der Waals surface area contributed by atoms with Crippen molar-refractivity contribution >= 4 is 59.5 Å². The molecule has 1 N–H and O–H groups in total. The van der Waals surface area contributed by atoms with Crippen LogP contribution in [0.3, 0.4) is 0 Å². The molecule has 0 bridgehead atoms. The Hall–Kier alpha value is -0.380. The van der Waals surface area contributed by atoms with Gasteiger partial charge >= 0.3 is 5.97 Å². The maximum atomic E-state index is 10.9. The standard InChI is InChI=1S/C6H7BrO3.C5H4Br2O3/c1-10-6-4(9)2-3(8)5(6)7;1-9-3-2(6)4(7)10-5(3)8/h3,8H,2H2,1H3;4H,1H3. The molecule has 2 rings (SSSR count). The summed E-state index contributed by atoms with van der Waals surface area (Å²) >= 11 is 9.28. The van der Waals surface area contributed by atoms with Crippen LogP contribution in [0.5, 0.6) is 0 Å². The summed E-state index contributed by atoms with van der Waals surface area (Å²) in [4.78, 5) is 21.6. The van der Waals surface area contributed by atoms with Crippen molar-refractivity contribution < 1.29 is 28.9 Å². The highest BCUT2D eigenvalue weighted by molar-refractivity contribution is 9.14. The smallest absolute Gasteiger partial charge is 0.376 e. The fourth-order valence-electron chi connectivity index (χ4n) is 1.43. The van der Waals surface area contributed by atoms with Crippen molar-refractivity contribution in [3.63, 3.8) is 0 Å². The zero-order chi connectivity index (χ0) is 15.4. The molecule has 0 radical (unpaired) electrons. The number of carbonyl (C=O) groups excluding carboxylic acids is 2. The van der Waals surface area contributed by atoms with Gasteiger partial charge in [-0.05, 0) is 47.8 Å². The van der Waals surface area contributed by atoms with E-state index in [-0.39, 0.29) is 23.7 Å². The molecule has 2 unspecified atom stereocenters. The highest BCUT2D eigenvalue weighted by Crippen LogP contribution is 2.31. The summed E-state index contributed by atoms with van der Waals surface area (Å²) in [6.45, 7) is 0. The minimum absolute atomic E-state index is 0.129. The molecule has 20 heavy (non-hydrogen) atoms. The second-order valence-electron chi connectivity index (χ2n) is 3.63. The number of rotatable bonds is 2. The molecule has 0 spiro atoms. The molecule has 0 amide bonds. The molecule has 0 saturated carbocycles. The summed E-state index contributed by atoms with van der Waals surface area (Å²) in [7, 11) is 2.83. The Bertz CT molecular complexity index is 441. The van der Waals surface area contributed by atoms with E-state index in [2.05, 4.69) is 47.8 Å². The number of Topliss-reactive ketones (excluding diaryl/α,β-unsaturated/α-hetero) is 1. The number of halogens is 3. The predicted molar refractivity (Wildman–Crippen MR) is 80.4 cm³/mol. The second-order valence-corrected chi connectivity index (χ2v) is 6.17. The molecule has 0 aromatic rings. The van der Waals surface area contributed by atoms with Crippen LogP contribution < -0.4 is 0 Å². The Labute approximate surface area is 140 Å². The van der Waals surface area contributed by atoms with E-state index in [1.165, 1.54) is 14.2 Å². The van der Waals surface area contributed by atoms with Crippen LogP contribution in [0.1, 0.15) is 6.42 Å². The van der Waals surface area contributed by atoms with Crippen LogP contribution in [0.15, 0.2) is 20.5 Å². The number of hydrogen-bond donors (Lipinski definition) is 1. The van der Waals surface area contributed by atoms with Crippen LogP contribution in [-0.4, -0.2) is 42.2 Å². The lowest BCUT2D eigenvalue weighted by molar-refractivity contribution is -0.139. The van der Waals surface area contributed by atoms with Gasteiger partial charge < -0.3 is 19.3 Å². The molecule has 1 heterocycles. The van der Waals surface area contributed by atoms with Gasteiger partial charge in [-0.25, -0.2) is 4.79 Å². The number of methoxy groups -OCH3 is 2. The SMILES string of the molecule is COC1=C(Br)C(Br)OC1=O.COC1=C(Br)C(O)CC1=O. The zero-order valence-electron chi connectivity index (χ0n) is 10.5. The van der Waals surface area contributed by atoms with E-state index in [4.69, 9.17) is 19.3 Å². The van der Waals surface area contributed by atoms with Gasteiger partial charge in [-0.2, -0.15) is 0 Å². The number of hydrogen-bond acceptors (Lipinski definition) is 6. The Balaban J connectivity index is 0.000000200. The van der Waals surface area contributed by atoms with Gasteiger partial charge in [-0.15, -0.1) is 0 Å². The lowest BCUT2D eigenvalue weighted by Gasteiger charge is -1.97. The monoisotopic (exact) mass is 476 g/mol. The highest BCUT2D eigenvalue weighted by atomic mass is 79.9. The highest BCUT2D eigenvalue weighted by Gasteiger charge is 2.32. The molecule has 0 aromatic heterocycles. The van der Waals surface area contributed by atoms with E-state index < -0.39 is 17.1 Å². The van der Waals surface area contributed by atoms with Crippen molar-refractivity contribution in [1.29, 1.82) is 0 Å². The van der Waals surface area contributed by atoms with Crippen molar-refractivity contribution in [2.75, 3.05) is 14.2 Å². The van der Waals surface area contributed by atoms with Gasteiger partial charge in [0.05, 0.1) is 29.3 Å². The zero-order valence-corrected chi connectivity index (χ0v) is 15.2. The first-order valence-electron chi connectivity index (χ1n) is 5.27. The Morgan fingerprint density at radius 1 is 1.15 bits per heavy atom. The van der Waals surface area contributed by atoms with Gasteiger partial charge in [0.2, 0.25) is 11.5 Å². The fourth-order valence-corrected chi connectivity index (χ4v) is 2.77. The number of alkyl halides is 1. The van der Waals surface area contributed by atoms with E-state index >= 15 is 0 Å². The average molecular weight is 479 g/mol. The van der Waals surface area contributed by atoms with Crippen LogP contribution in [0.25, 0.3) is 0 Å². The van der Waals surface area contributed by atoms with Gasteiger partial charge in [0, 0.05) is 6.42 Å². The quantitative estimate of drug-likeness (QED) is 0.483. The second kappa shape index (κ2) is 7.58. The summed E-state index contributed by atoms with van der Waals surface area (Å²) in [6, 6.07) is 0. The minimum atomic E-state index is -0.706. The third kappa shape index (κ3) is 3.84. The van der Waals surface area contributed by atoms with Crippen molar-refractivity contribution in [3.05, 3.63) is 20.5 Å². The summed E-state index contributed by atoms with van der Waals surface area (Å²) in [5.74, 6) is -0.132. The molecule has 2 atom stereocenters. The first kappa shape index (κ1) is 17.7. The molecule has 0 saturated heterocycles. The maximum Gasteiger partial charge on any atom is 0.376 e. The molecular weight excluding hydrogens is 468 g/mol. The topological polar surface area (TPSA) is 82.1 Å². The summed E-state index contributed by atoms with van der Waals surface area (Å²) < 4.78 is 15.2. The van der Waals surface area contributed by atoms with Gasteiger partial charge in [-0.3, -0.25) is 4.79 Å². The van der Waals surface area contributed by atoms with Crippen LogP contribution in [-0.2, 0) is 23.8 Å². The summed E-state index contributed by atoms with van der Waals surface area (Å²) in [6.07, 6.45) is -0.577. The molecule has 1 aliphatic carbocycles. The largest absolute Gasteiger partial charge is 0.492 e. The fraction of sp³-hybridized carbons (Fsp3) is 0.455. The average Bonchev–Trinajstić information content (AvgIpc) is 2.77. The van der Waals surface area contributed by atoms with Crippen molar-refractivity contribution in [2.45, 2.75) is 17.5 Å². The Morgan fingerprint density at radius 3 is 1.90 bits per heavy atom. The van der Waals surface area contributed by atoms with Crippen molar-refractivity contribution in [3.8, 4) is 0 Å². The molecular formula is C11H11Br3O6. The molecule has 9 heteroatoms. The minimum Gasteiger partial charge on any atom is -0.492 e. The summed E-state index contributed by atoms with van der Waals surface area (Å²) in [5, 5.41) is 8.67. The van der Waals surface area contributed by atoms with Gasteiger partial charge in [-0.1, -0.05) is 0 Å². The third-order valence-corrected chi connectivity index (χ3v) is 5.29. The molecule has 1 aliphatic heterocycles. The van der Waals surface area contributed by atoms with E-state index in [1.54, 1.807) is 0 Å². The molecule has 0 aromatic carbocycles. The number of cyclic esters (lactones) is 1. The molecule has 2 aliphatic rings. The lowest BCUT2D eigenvalue weighted by atomic mass is 10.3. The maximum absolute atomic E-state index is 10.9.